The first kappa shape index (κ1) is 11.6. The summed E-state index contributed by atoms with van der Waals surface area (Å²) in [4.78, 5) is 19.9. The van der Waals surface area contributed by atoms with Crippen molar-refractivity contribution in [2.75, 3.05) is 6.61 Å². The third-order valence-corrected chi connectivity index (χ3v) is 3.70. The third-order valence-electron chi connectivity index (χ3n) is 3.70. The van der Waals surface area contributed by atoms with E-state index in [1.165, 1.54) is 6.20 Å². The Kier molecular flexibility index (Phi) is 2.59. The number of carboxylic acids is 1. The molecule has 3 rings (SSSR count). The number of rotatable bonds is 3. The van der Waals surface area contributed by atoms with E-state index in [1.54, 1.807) is 0 Å². The summed E-state index contributed by atoms with van der Waals surface area (Å²) >= 11 is 0. The molecule has 1 aromatic heterocycles. The van der Waals surface area contributed by atoms with E-state index in [2.05, 4.69) is 9.97 Å². The number of aromatic carboxylic acids is 1. The summed E-state index contributed by atoms with van der Waals surface area (Å²) in [6, 6.07) is 0. The zero-order valence-corrected chi connectivity index (χ0v) is 10.3. The first-order chi connectivity index (χ1) is 8.60. The Morgan fingerprint density at radius 1 is 1.56 bits per heavy atom. The number of carboxylic acid groups (broad SMARTS) is 1. The van der Waals surface area contributed by atoms with Gasteiger partial charge in [0, 0.05) is 18.7 Å². The fraction of sp³-hybridized carbons (Fsp3) is 0.615. The highest BCUT2D eigenvalue weighted by atomic mass is 16.5. The summed E-state index contributed by atoms with van der Waals surface area (Å²) in [5.41, 5.74) is 0.479. The maximum absolute atomic E-state index is 11.2. The van der Waals surface area contributed by atoms with Crippen LogP contribution in [0.1, 0.15) is 60.4 Å². The lowest BCUT2D eigenvalue weighted by molar-refractivity contribution is 0.00903. The van der Waals surface area contributed by atoms with Crippen LogP contribution >= 0.6 is 0 Å². The van der Waals surface area contributed by atoms with Gasteiger partial charge in [-0.1, -0.05) is 0 Å². The topological polar surface area (TPSA) is 72.3 Å². The smallest absolute Gasteiger partial charge is 0.339 e. The third kappa shape index (κ3) is 1.88. The van der Waals surface area contributed by atoms with Crippen molar-refractivity contribution in [2.24, 2.45) is 0 Å². The Labute approximate surface area is 105 Å². The second-order valence-corrected chi connectivity index (χ2v) is 5.25. The highest BCUT2D eigenvalue weighted by Crippen LogP contribution is 2.42. The van der Waals surface area contributed by atoms with Crippen LogP contribution in [0.2, 0.25) is 0 Å². The molecule has 18 heavy (non-hydrogen) atoms. The SMILES string of the molecule is CC1(c2ncc(C(=O)O)c(C3CC3)n2)CCCO1. The quantitative estimate of drug-likeness (QED) is 0.886. The van der Waals surface area contributed by atoms with Gasteiger partial charge in [0.1, 0.15) is 5.60 Å². The van der Waals surface area contributed by atoms with Gasteiger partial charge in [0.05, 0.1) is 11.3 Å². The highest BCUT2D eigenvalue weighted by molar-refractivity contribution is 5.88. The molecule has 0 bridgehead atoms. The monoisotopic (exact) mass is 248 g/mol. The molecule has 0 aromatic carbocycles. The zero-order valence-electron chi connectivity index (χ0n) is 10.3. The Bertz CT molecular complexity index is 491. The molecule has 2 aliphatic rings. The summed E-state index contributed by atoms with van der Waals surface area (Å²) in [6.07, 6.45) is 5.37. The zero-order chi connectivity index (χ0) is 12.8. The first-order valence-electron chi connectivity index (χ1n) is 6.35. The van der Waals surface area contributed by atoms with Crippen LogP contribution in [0.15, 0.2) is 6.20 Å². The molecular weight excluding hydrogens is 232 g/mol. The number of nitrogens with zero attached hydrogens (tertiary/aromatic N) is 2. The Morgan fingerprint density at radius 3 is 2.89 bits per heavy atom. The fourth-order valence-corrected chi connectivity index (χ4v) is 2.44. The molecular formula is C13H16N2O3. The van der Waals surface area contributed by atoms with E-state index in [4.69, 9.17) is 9.84 Å². The predicted octanol–water partition coefficient (Wildman–Crippen LogP) is 2.08. The minimum absolute atomic E-state index is 0.239. The molecule has 1 aliphatic carbocycles. The summed E-state index contributed by atoms with van der Waals surface area (Å²) in [5, 5.41) is 9.15. The number of hydrogen-bond donors (Lipinski definition) is 1. The summed E-state index contributed by atoms with van der Waals surface area (Å²) in [6.45, 7) is 2.70. The molecule has 5 heteroatoms. The number of carbonyl (C=O) groups is 1. The van der Waals surface area contributed by atoms with Crippen molar-refractivity contribution in [3.05, 3.63) is 23.3 Å². The Hall–Kier alpha value is -1.49. The summed E-state index contributed by atoms with van der Waals surface area (Å²) in [7, 11) is 0. The van der Waals surface area contributed by atoms with Gasteiger partial charge in [0.2, 0.25) is 0 Å². The lowest BCUT2D eigenvalue weighted by Crippen LogP contribution is -2.24. The molecule has 2 heterocycles. The molecule has 0 radical (unpaired) electrons. The van der Waals surface area contributed by atoms with Gasteiger partial charge in [-0.3, -0.25) is 0 Å². The molecule has 0 amide bonds. The first-order valence-corrected chi connectivity index (χ1v) is 6.35. The van der Waals surface area contributed by atoms with Gasteiger partial charge < -0.3 is 9.84 Å². The van der Waals surface area contributed by atoms with Crippen LogP contribution in [0.4, 0.5) is 0 Å². The molecule has 1 saturated carbocycles. The van der Waals surface area contributed by atoms with Crippen LogP contribution in [-0.2, 0) is 10.3 Å². The normalized spacial score (nSPS) is 27.4. The average molecular weight is 248 g/mol. The number of ether oxygens (including phenoxy) is 1. The van der Waals surface area contributed by atoms with Gasteiger partial charge in [-0.2, -0.15) is 0 Å². The maximum atomic E-state index is 11.2. The van der Waals surface area contributed by atoms with Gasteiger partial charge in [0.25, 0.3) is 0 Å². The van der Waals surface area contributed by atoms with Gasteiger partial charge in [-0.15, -0.1) is 0 Å². The van der Waals surface area contributed by atoms with Gasteiger partial charge in [-0.05, 0) is 32.6 Å². The van der Waals surface area contributed by atoms with Crippen molar-refractivity contribution in [3.8, 4) is 0 Å². The van der Waals surface area contributed by atoms with Crippen molar-refractivity contribution in [2.45, 2.75) is 44.1 Å². The fourth-order valence-electron chi connectivity index (χ4n) is 2.44. The minimum Gasteiger partial charge on any atom is -0.478 e. The van der Waals surface area contributed by atoms with Crippen LogP contribution in [0, 0.1) is 0 Å². The average Bonchev–Trinajstić information content (AvgIpc) is 3.11. The van der Waals surface area contributed by atoms with Gasteiger partial charge in [0.15, 0.2) is 5.82 Å². The molecule has 1 N–H and O–H groups in total. The molecule has 2 fully saturated rings. The molecule has 1 atom stereocenters. The second kappa shape index (κ2) is 4.02. The van der Waals surface area contributed by atoms with E-state index >= 15 is 0 Å². The predicted molar refractivity (Wildman–Crippen MR) is 63.5 cm³/mol. The maximum Gasteiger partial charge on any atom is 0.339 e. The van der Waals surface area contributed by atoms with E-state index in [-0.39, 0.29) is 5.56 Å². The molecule has 1 saturated heterocycles. The van der Waals surface area contributed by atoms with Crippen LogP contribution in [-0.4, -0.2) is 27.7 Å². The second-order valence-electron chi connectivity index (χ2n) is 5.25. The lowest BCUT2D eigenvalue weighted by Gasteiger charge is -2.22. The molecule has 1 aromatic rings. The molecule has 5 nitrogen and oxygen atoms in total. The van der Waals surface area contributed by atoms with E-state index in [0.717, 1.165) is 32.3 Å². The van der Waals surface area contributed by atoms with Crippen LogP contribution in [0.3, 0.4) is 0 Å². The minimum atomic E-state index is -0.944. The number of aromatic nitrogens is 2. The lowest BCUT2D eigenvalue weighted by atomic mass is 10.0. The van der Waals surface area contributed by atoms with Crippen molar-refractivity contribution < 1.29 is 14.6 Å². The van der Waals surface area contributed by atoms with Gasteiger partial charge >= 0.3 is 5.97 Å². The standard InChI is InChI=1S/C13H16N2O3/c1-13(5-2-6-18-13)12-14-7-9(11(16)17)10(15-12)8-3-4-8/h7-8H,2-6H2,1H3,(H,16,17). The molecule has 1 aliphatic heterocycles. The van der Waals surface area contributed by atoms with Crippen molar-refractivity contribution >= 4 is 5.97 Å². The largest absolute Gasteiger partial charge is 0.478 e. The molecule has 0 spiro atoms. The van der Waals surface area contributed by atoms with Crippen molar-refractivity contribution in [1.29, 1.82) is 0 Å². The van der Waals surface area contributed by atoms with Crippen molar-refractivity contribution in [1.82, 2.24) is 9.97 Å². The van der Waals surface area contributed by atoms with Crippen LogP contribution < -0.4 is 0 Å². The van der Waals surface area contributed by atoms with Crippen LogP contribution in [0.25, 0.3) is 0 Å². The molecule has 96 valence electrons. The van der Waals surface area contributed by atoms with E-state index < -0.39 is 11.6 Å². The Morgan fingerprint density at radius 2 is 2.33 bits per heavy atom. The Balaban J connectivity index is 2.02. The molecule has 1 unspecified atom stereocenters. The highest BCUT2D eigenvalue weighted by Gasteiger charge is 2.37. The van der Waals surface area contributed by atoms with Gasteiger partial charge in [-0.25, -0.2) is 14.8 Å². The van der Waals surface area contributed by atoms with E-state index in [9.17, 15) is 4.79 Å². The van der Waals surface area contributed by atoms with E-state index in [1.807, 2.05) is 6.92 Å². The number of hydrogen-bond acceptors (Lipinski definition) is 4. The summed E-state index contributed by atoms with van der Waals surface area (Å²) in [5.74, 6) is -0.0179. The van der Waals surface area contributed by atoms with Crippen LogP contribution in [0.5, 0.6) is 0 Å². The van der Waals surface area contributed by atoms with E-state index in [0.29, 0.717) is 17.4 Å². The summed E-state index contributed by atoms with van der Waals surface area (Å²) < 4.78 is 5.71. The van der Waals surface area contributed by atoms with Crippen molar-refractivity contribution in [3.63, 3.8) is 0 Å².